The van der Waals surface area contributed by atoms with Crippen LogP contribution in [0.25, 0.3) is 5.65 Å². The number of rotatable bonds is 8. The van der Waals surface area contributed by atoms with Crippen LogP contribution in [-0.2, 0) is 11.4 Å². The van der Waals surface area contributed by atoms with Crippen molar-refractivity contribution >= 4 is 28.8 Å². The van der Waals surface area contributed by atoms with Crippen molar-refractivity contribution in [3.63, 3.8) is 0 Å². The molecule has 2 heterocycles. The Hall–Kier alpha value is -3.84. The number of hydrogen-bond acceptors (Lipinski definition) is 5. The lowest BCUT2D eigenvalue weighted by Gasteiger charge is -2.17. The van der Waals surface area contributed by atoms with Gasteiger partial charge in [-0.2, -0.15) is 0 Å². The van der Waals surface area contributed by atoms with Gasteiger partial charge in [-0.25, -0.2) is 4.98 Å². The van der Waals surface area contributed by atoms with Crippen molar-refractivity contribution in [3.05, 3.63) is 100 Å². The second-order valence-corrected chi connectivity index (χ2v) is 7.73. The van der Waals surface area contributed by atoms with Crippen molar-refractivity contribution in [1.29, 1.82) is 0 Å². The van der Waals surface area contributed by atoms with Crippen molar-refractivity contribution in [2.75, 3.05) is 5.32 Å². The fourth-order valence-electron chi connectivity index (χ4n) is 3.23. The highest BCUT2D eigenvalue weighted by molar-refractivity contribution is 6.30. The number of carbonyl (C=O) groups excluding carboxylic acids is 1. The molecule has 7 nitrogen and oxygen atoms in total. The molecular formula is C25H22ClN3O4. The number of anilines is 1. The van der Waals surface area contributed by atoms with E-state index in [0.717, 1.165) is 0 Å². The first-order chi connectivity index (χ1) is 16.0. The van der Waals surface area contributed by atoms with Crippen LogP contribution < -0.4 is 20.3 Å². The number of hydrogen-bond donors (Lipinski definition) is 1. The summed E-state index contributed by atoms with van der Waals surface area (Å²) in [6.45, 7) is 1.99. The smallest absolute Gasteiger partial charge is 0.265 e. The Bertz CT molecular complexity index is 1320. The van der Waals surface area contributed by atoms with E-state index < -0.39 is 6.10 Å². The molecule has 1 amide bonds. The van der Waals surface area contributed by atoms with Crippen LogP contribution in [0.5, 0.6) is 11.5 Å². The van der Waals surface area contributed by atoms with Crippen molar-refractivity contribution in [2.24, 2.45) is 0 Å². The van der Waals surface area contributed by atoms with E-state index in [9.17, 15) is 9.59 Å². The number of nitrogens with one attached hydrogen (secondary N) is 1. The quantitative estimate of drug-likeness (QED) is 0.408. The number of carbonyl (C=O) groups is 1. The first-order valence-electron chi connectivity index (χ1n) is 10.4. The largest absolute Gasteiger partial charge is 0.487 e. The van der Waals surface area contributed by atoms with E-state index in [4.69, 9.17) is 21.1 Å². The summed E-state index contributed by atoms with van der Waals surface area (Å²) in [5.74, 6) is 0.918. The van der Waals surface area contributed by atoms with Gasteiger partial charge in [-0.3, -0.25) is 14.0 Å². The van der Waals surface area contributed by atoms with Crippen molar-refractivity contribution < 1.29 is 14.3 Å². The monoisotopic (exact) mass is 463 g/mol. The first-order valence-corrected chi connectivity index (χ1v) is 10.8. The second-order valence-electron chi connectivity index (χ2n) is 7.29. The highest BCUT2D eigenvalue weighted by Gasteiger charge is 2.18. The van der Waals surface area contributed by atoms with Crippen LogP contribution in [-0.4, -0.2) is 21.4 Å². The average Bonchev–Trinajstić information content (AvgIpc) is 2.82. The molecule has 1 atom stereocenters. The highest BCUT2D eigenvalue weighted by Crippen LogP contribution is 2.20. The molecule has 0 saturated heterocycles. The van der Waals surface area contributed by atoms with Gasteiger partial charge in [0.1, 0.15) is 23.8 Å². The summed E-state index contributed by atoms with van der Waals surface area (Å²) in [4.78, 5) is 29.4. The maximum atomic E-state index is 12.7. The molecule has 0 radical (unpaired) electrons. The summed E-state index contributed by atoms with van der Waals surface area (Å²) in [6.07, 6.45) is 1.42. The lowest BCUT2D eigenvalue weighted by Crippen LogP contribution is -2.32. The zero-order valence-electron chi connectivity index (χ0n) is 17.9. The second kappa shape index (κ2) is 10.2. The van der Waals surface area contributed by atoms with Gasteiger partial charge >= 0.3 is 0 Å². The Labute approximate surface area is 195 Å². The molecule has 8 heteroatoms. The predicted molar refractivity (Wildman–Crippen MR) is 127 cm³/mol. The molecule has 0 aliphatic heterocycles. The van der Waals surface area contributed by atoms with Crippen LogP contribution in [0.1, 0.15) is 19.0 Å². The van der Waals surface area contributed by atoms with E-state index in [0.29, 0.717) is 40.0 Å². The highest BCUT2D eigenvalue weighted by atomic mass is 35.5. The minimum atomic E-state index is -0.625. The fourth-order valence-corrected chi connectivity index (χ4v) is 3.39. The van der Waals surface area contributed by atoms with Crippen molar-refractivity contribution in [3.8, 4) is 11.5 Å². The Kier molecular flexibility index (Phi) is 6.90. The molecule has 168 valence electrons. The van der Waals surface area contributed by atoms with Crippen LogP contribution in [0.3, 0.4) is 0 Å². The van der Waals surface area contributed by atoms with Crippen LogP contribution in [0.4, 0.5) is 5.69 Å². The van der Waals surface area contributed by atoms with Gasteiger partial charge in [-0.05, 0) is 42.8 Å². The van der Waals surface area contributed by atoms with Gasteiger partial charge in [0.05, 0.1) is 10.7 Å². The normalized spacial score (nSPS) is 11.7. The number of nitrogens with zero attached hydrogens (tertiary/aromatic N) is 2. The molecule has 0 spiro atoms. The minimum Gasteiger partial charge on any atom is -0.487 e. The maximum absolute atomic E-state index is 12.7. The van der Waals surface area contributed by atoms with E-state index in [1.54, 1.807) is 36.4 Å². The molecule has 2 aromatic carbocycles. The summed E-state index contributed by atoms with van der Waals surface area (Å²) in [5.41, 5.74) is 1.30. The molecule has 4 rings (SSSR count). The summed E-state index contributed by atoms with van der Waals surface area (Å²) in [5, 5.41) is 3.32. The molecule has 1 N–H and O–H groups in total. The third-order valence-corrected chi connectivity index (χ3v) is 5.07. The number of benzene rings is 2. The van der Waals surface area contributed by atoms with Crippen LogP contribution in [0.15, 0.2) is 83.8 Å². The minimum absolute atomic E-state index is 0.0977. The van der Waals surface area contributed by atoms with E-state index in [1.165, 1.54) is 16.7 Å². The molecule has 2 aromatic heterocycles. The number of amides is 1. The lowest BCUT2D eigenvalue weighted by atomic mass is 10.2. The van der Waals surface area contributed by atoms with Gasteiger partial charge in [0.25, 0.3) is 11.5 Å². The number of halogens is 1. The number of pyridine rings is 1. The van der Waals surface area contributed by atoms with Gasteiger partial charge in [-0.1, -0.05) is 42.8 Å². The Morgan fingerprint density at radius 2 is 1.85 bits per heavy atom. The third kappa shape index (κ3) is 5.70. The zero-order valence-corrected chi connectivity index (χ0v) is 18.7. The van der Waals surface area contributed by atoms with Crippen molar-refractivity contribution in [2.45, 2.75) is 26.1 Å². The molecule has 0 bridgehead atoms. The summed E-state index contributed by atoms with van der Waals surface area (Å²) >= 11 is 5.94. The topological polar surface area (TPSA) is 81.9 Å². The van der Waals surface area contributed by atoms with Crippen LogP contribution in [0.2, 0.25) is 5.02 Å². The number of fused-ring (bicyclic) bond motifs is 1. The number of ether oxygens (including phenoxy) is 2. The molecule has 1 unspecified atom stereocenters. The van der Waals surface area contributed by atoms with Gasteiger partial charge in [0.15, 0.2) is 6.10 Å². The number of aromatic nitrogens is 2. The standard InChI is InChI=1S/C25H22ClN3O4/c1-2-22(33-20-8-4-3-5-9-20)25(31)28-18-7-6-10-21(13-18)32-16-19-14-24(30)29-15-17(26)11-12-23(29)27-19/h3-15,22H,2,16H2,1H3,(H,28,31). The maximum Gasteiger partial charge on any atom is 0.265 e. The molecule has 0 fully saturated rings. The molecule has 0 aliphatic carbocycles. The molecule has 0 saturated carbocycles. The molecular weight excluding hydrogens is 442 g/mol. The van der Waals surface area contributed by atoms with E-state index in [-0.39, 0.29) is 18.1 Å². The molecule has 33 heavy (non-hydrogen) atoms. The third-order valence-electron chi connectivity index (χ3n) is 4.85. The van der Waals surface area contributed by atoms with Gasteiger partial charge in [-0.15, -0.1) is 0 Å². The first kappa shape index (κ1) is 22.4. The Morgan fingerprint density at radius 1 is 1.06 bits per heavy atom. The van der Waals surface area contributed by atoms with E-state index in [1.807, 2.05) is 37.3 Å². The van der Waals surface area contributed by atoms with E-state index >= 15 is 0 Å². The lowest BCUT2D eigenvalue weighted by molar-refractivity contribution is -0.122. The Morgan fingerprint density at radius 3 is 2.64 bits per heavy atom. The predicted octanol–water partition coefficient (Wildman–Crippen LogP) is 4.72. The summed E-state index contributed by atoms with van der Waals surface area (Å²) in [7, 11) is 0. The van der Waals surface area contributed by atoms with Gasteiger partial charge in [0, 0.05) is 24.0 Å². The Balaban J connectivity index is 1.41. The van der Waals surface area contributed by atoms with Gasteiger partial charge in [0.2, 0.25) is 0 Å². The van der Waals surface area contributed by atoms with E-state index in [2.05, 4.69) is 10.3 Å². The number of para-hydroxylation sites is 1. The van der Waals surface area contributed by atoms with Gasteiger partial charge < -0.3 is 14.8 Å². The SMILES string of the molecule is CCC(Oc1ccccc1)C(=O)Nc1cccc(OCc2cc(=O)n3cc(Cl)ccc3n2)c1. The van der Waals surface area contributed by atoms with Crippen LogP contribution >= 0.6 is 11.6 Å². The average molecular weight is 464 g/mol. The molecule has 4 aromatic rings. The molecule has 0 aliphatic rings. The fraction of sp³-hybridized carbons (Fsp3) is 0.160. The zero-order chi connectivity index (χ0) is 23.2. The summed E-state index contributed by atoms with van der Waals surface area (Å²) in [6, 6.07) is 21.0. The van der Waals surface area contributed by atoms with Crippen LogP contribution in [0, 0.1) is 0 Å². The summed E-state index contributed by atoms with van der Waals surface area (Å²) < 4.78 is 13.0. The van der Waals surface area contributed by atoms with Crippen molar-refractivity contribution in [1.82, 2.24) is 9.38 Å².